The second-order valence-electron chi connectivity index (χ2n) is 6.39. The standard InChI is InChI=1S/C22H20N4O2S/c1-28-18-11-9-17(10-12-18)21-24-22(23-15-19-8-5-13-29-19)26(25-21)20(27)14-16-6-3-2-4-7-16/h2-13H,14-15H2,1H3,(H,23,24,25). The van der Waals surface area contributed by atoms with Crippen molar-refractivity contribution in [3.05, 3.63) is 82.6 Å². The second-order valence-corrected chi connectivity index (χ2v) is 7.42. The Labute approximate surface area is 172 Å². The van der Waals surface area contributed by atoms with Crippen molar-refractivity contribution < 1.29 is 9.53 Å². The third-order valence-corrected chi connectivity index (χ3v) is 5.27. The molecule has 0 bridgehead atoms. The van der Waals surface area contributed by atoms with Gasteiger partial charge in [-0.15, -0.1) is 16.4 Å². The first kappa shape index (κ1) is 18.9. The average molecular weight is 404 g/mol. The van der Waals surface area contributed by atoms with E-state index in [0.717, 1.165) is 21.8 Å². The fraction of sp³-hybridized carbons (Fsp3) is 0.136. The van der Waals surface area contributed by atoms with E-state index in [2.05, 4.69) is 15.4 Å². The molecule has 0 radical (unpaired) electrons. The zero-order valence-electron chi connectivity index (χ0n) is 15.9. The summed E-state index contributed by atoms with van der Waals surface area (Å²) < 4.78 is 6.57. The molecule has 0 saturated heterocycles. The Morgan fingerprint density at radius 2 is 1.86 bits per heavy atom. The quantitative estimate of drug-likeness (QED) is 0.491. The first-order valence-corrected chi connectivity index (χ1v) is 10.1. The predicted octanol–water partition coefficient (Wildman–Crippen LogP) is 4.51. The highest BCUT2D eigenvalue weighted by atomic mass is 32.1. The molecular formula is C22H20N4O2S. The number of rotatable bonds is 7. The predicted molar refractivity (Wildman–Crippen MR) is 114 cm³/mol. The number of hydrogen-bond acceptors (Lipinski definition) is 6. The topological polar surface area (TPSA) is 69.0 Å². The smallest absolute Gasteiger partial charge is 0.254 e. The minimum atomic E-state index is -0.142. The van der Waals surface area contributed by atoms with E-state index in [1.807, 2.05) is 72.1 Å². The van der Waals surface area contributed by atoms with E-state index >= 15 is 0 Å². The van der Waals surface area contributed by atoms with Crippen molar-refractivity contribution in [3.8, 4) is 17.1 Å². The fourth-order valence-corrected chi connectivity index (χ4v) is 3.53. The van der Waals surface area contributed by atoms with Gasteiger partial charge < -0.3 is 10.1 Å². The van der Waals surface area contributed by atoms with Crippen LogP contribution in [0.2, 0.25) is 0 Å². The molecule has 0 spiro atoms. The highest BCUT2D eigenvalue weighted by Gasteiger charge is 2.18. The van der Waals surface area contributed by atoms with Gasteiger partial charge in [0.05, 0.1) is 20.1 Å². The van der Waals surface area contributed by atoms with Crippen molar-refractivity contribution in [3.63, 3.8) is 0 Å². The van der Waals surface area contributed by atoms with Crippen LogP contribution in [0.15, 0.2) is 72.1 Å². The SMILES string of the molecule is COc1ccc(-c2nc(NCc3cccs3)n(C(=O)Cc3ccccc3)n2)cc1. The van der Waals surface area contributed by atoms with E-state index in [9.17, 15) is 4.79 Å². The monoisotopic (exact) mass is 404 g/mol. The molecule has 2 aromatic heterocycles. The van der Waals surface area contributed by atoms with Crippen LogP contribution in [0.5, 0.6) is 5.75 Å². The third kappa shape index (κ3) is 4.52. The Balaban J connectivity index is 1.62. The molecule has 0 aliphatic rings. The van der Waals surface area contributed by atoms with Crippen molar-refractivity contribution in [2.24, 2.45) is 0 Å². The van der Waals surface area contributed by atoms with Crippen LogP contribution in [0.25, 0.3) is 11.4 Å². The van der Waals surface area contributed by atoms with Gasteiger partial charge in [-0.2, -0.15) is 9.67 Å². The van der Waals surface area contributed by atoms with Gasteiger partial charge in [-0.05, 0) is 41.3 Å². The molecule has 1 N–H and O–H groups in total. The van der Waals surface area contributed by atoms with Gasteiger partial charge >= 0.3 is 0 Å². The summed E-state index contributed by atoms with van der Waals surface area (Å²) in [6, 6.07) is 21.1. The fourth-order valence-electron chi connectivity index (χ4n) is 2.89. The zero-order chi connectivity index (χ0) is 20.1. The highest BCUT2D eigenvalue weighted by Crippen LogP contribution is 2.22. The lowest BCUT2D eigenvalue weighted by atomic mass is 10.1. The molecular weight excluding hydrogens is 384 g/mol. The summed E-state index contributed by atoms with van der Waals surface area (Å²) in [7, 11) is 1.62. The van der Waals surface area contributed by atoms with E-state index in [1.165, 1.54) is 4.68 Å². The summed E-state index contributed by atoms with van der Waals surface area (Å²) in [5, 5.41) is 9.76. The minimum absolute atomic E-state index is 0.142. The molecule has 0 aliphatic carbocycles. The number of hydrogen-bond donors (Lipinski definition) is 1. The summed E-state index contributed by atoms with van der Waals surface area (Å²) in [6.07, 6.45) is 0.250. The number of nitrogens with one attached hydrogen (secondary N) is 1. The Hall–Kier alpha value is -3.45. The maximum Gasteiger partial charge on any atom is 0.254 e. The molecule has 4 aromatic rings. The normalized spacial score (nSPS) is 10.7. The number of nitrogens with zero attached hydrogens (tertiary/aromatic N) is 3. The van der Waals surface area contributed by atoms with Crippen LogP contribution >= 0.6 is 11.3 Å². The molecule has 146 valence electrons. The summed E-state index contributed by atoms with van der Waals surface area (Å²) in [5.41, 5.74) is 1.75. The van der Waals surface area contributed by atoms with Crippen LogP contribution in [0.4, 0.5) is 5.95 Å². The van der Waals surface area contributed by atoms with Crippen LogP contribution in [0.1, 0.15) is 15.2 Å². The molecule has 2 heterocycles. The summed E-state index contributed by atoms with van der Waals surface area (Å²) in [4.78, 5) is 18.7. The van der Waals surface area contributed by atoms with E-state index in [-0.39, 0.29) is 12.3 Å². The van der Waals surface area contributed by atoms with E-state index in [4.69, 9.17) is 4.74 Å². The van der Waals surface area contributed by atoms with Gasteiger partial charge in [-0.25, -0.2) is 0 Å². The molecule has 0 atom stereocenters. The number of benzene rings is 2. The summed E-state index contributed by atoms with van der Waals surface area (Å²) in [6.45, 7) is 0.580. The minimum Gasteiger partial charge on any atom is -0.497 e. The molecule has 0 saturated carbocycles. The van der Waals surface area contributed by atoms with Gasteiger partial charge in [-0.3, -0.25) is 4.79 Å². The second kappa shape index (κ2) is 8.70. The van der Waals surface area contributed by atoms with Gasteiger partial charge in [0.1, 0.15) is 5.75 Å². The van der Waals surface area contributed by atoms with Crippen molar-refractivity contribution in [2.75, 3.05) is 12.4 Å². The van der Waals surface area contributed by atoms with Gasteiger partial charge in [-0.1, -0.05) is 36.4 Å². The molecule has 0 fully saturated rings. The average Bonchev–Trinajstić information content (AvgIpc) is 3.43. The van der Waals surface area contributed by atoms with Crippen molar-refractivity contribution >= 4 is 23.2 Å². The van der Waals surface area contributed by atoms with Crippen molar-refractivity contribution in [2.45, 2.75) is 13.0 Å². The van der Waals surface area contributed by atoms with Crippen LogP contribution in [-0.2, 0) is 13.0 Å². The lowest BCUT2D eigenvalue weighted by molar-refractivity contribution is 0.0901. The van der Waals surface area contributed by atoms with Crippen molar-refractivity contribution in [1.29, 1.82) is 0 Å². The maximum atomic E-state index is 12.9. The molecule has 29 heavy (non-hydrogen) atoms. The summed E-state index contributed by atoms with van der Waals surface area (Å²) in [5.74, 6) is 1.54. The first-order valence-electron chi connectivity index (χ1n) is 9.18. The van der Waals surface area contributed by atoms with Crippen LogP contribution in [-0.4, -0.2) is 27.8 Å². The van der Waals surface area contributed by atoms with Crippen LogP contribution in [0, 0.1) is 0 Å². The van der Waals surface area contributed by atoms with Gasteiger partial charge in [0.15, 0.2) is 5.82 Å². The Morgan fingerprint density at radius 1 is 1.07 bits per heavy atom. The molecule has 7 heteroatoms. The summed E-state index contributed by atoms with van der Waals surface area (Å²) >= 11 is 1.65. The third-order valence-electron chi connectivity index (χ3n) is 4.39. The van der Waals surface area contributed by atoms with Gasteiger partial charge in [0, 0.05) is 10.4 Å². The van der Waals surface area contributed by atoms with Crippen LogP contribution in [0.3, 0.4) is 0 Å². The molecule has 0 amide bonds. The number of thiophene rings is 1. The Bertz CT molecular complexity index is 1070. The molecule has 0 unspecified atom stereocenters. The number of anilines is 1. The molecule has 4 rings (SSSR count). The number of carbonyl (C=O) groups is 1. The van der Waals surface area contributed by atoms with E-state index < -0.39 is 0 Å². The van der Waals surface area contributed by atoms with Gasteiger partial charge in [0.2, 0.25) is 5.95 Å². The number of methoxy groups -OCH3 is 1. The molecule has 0 aliphatic heterocycles. The highest BCUT2D eigenvalue weighted by molar-refractivity contribution is 7.09. The largest absolute Gasteiger partial charge is 0.497 e. The van der Waals surface area contributed by atoms with Crippen molar-refractivity contribution in [1.82, 2.24) is 14.8 Å². The number of carbonyl (C=O) groups excluding carboxylic acids is 1. The Kier molecular flexibility index (Phi) is 5.67. The maximum absolute atomic E-state index is 12.9. The van der Waals surface area contributed by atoms with E-state index in [0.29, 0.717) is 18.3 Å². The van der Waals surface area contributed by atoms with E-state index in [1.54, 1.807) is 18.4 Å². The molecule has 2 aromatic carbocycles. The Morgan fingerprint density at radius 3 is 2.55 bits per heavy atom. The molecule has 6 nitrogen and oxygen atoms in total. The first-order chi connectivity index (χ1) is 14.2. The van der Waals surface area contributed by atoms with Gasteiger partial charge in [0.25, 0.3) is 5.91 Å². The lowest BCUT2D eigenvalue weighted by Gasteiger charge is -2.06. The number of ether oxygens (including phenoxy) is 1. The number of aromatic nitrogens is 3. The zero-order valence-corrected chi connectivity index (χ0v) is 16.7. The lowest BCUT2D eigenvalue weighted by Crippen LogP contribution is -2.18. The van der Waals surface area contributed by atoms with Crippen LogP contribution < -0.4 is 10.1 Å².